The Morgan fingerprint density at radius 3 is 2.27 bits per heavy atom. The summed E-state index contributed by atoms with van der Waals surface area (Å²) in [6.45, 7) is 5.72. The number of anilines is 1. The van der Waals surface area contributed by atoms with Crippen LogP contribution in [0.4, 0.5) is 5.69 Å². The van der Waals surface area contributed by atoms with E-state index in [1.165, 1.54) is 0 Å². The maximum atomic E-state index is 10.6. The van der Waals surface area contributed by atoms with Crippen molar-refractivity contribution >= 4 is 12.0 Å². The van der Waals surface area contributed by atoms with Gasteiger partial charge < -0.3 is 4.90 Å². The van der Waals surface area contributed by atoms with Gasteiger partial charge in [0, 0.05) is 25.7 Å². The summed E-state index contributed by atoms with van der Waals surface area (Å²) in [6, 6.07) is 8.16. The molecular formula is C13H17NO. The predicted molar refractivity (Wildman–Crippen MR) is 64.4 cm³/mol. The van der Waals surface area contributed by atoms with E-state index < -0.39 is 0 Å². The highest BCUT2D eigenvalue weighted by molar-refractivity contribution is 5.74. The van der Waals surface area contributed by atoms with Crippen LogP contribution in [0, 0.1) is 0 Å². The molecule has 1 rings (SSSR count). The number of aldehydes is 1. The molecule has 0 aliphatic rings. The molecule has 0 aromatic heterocycles. The van der Waals surface area contributed by atoms with E-state index in [0.29, 0.717) is 5.57 Å². The summed E-state index contributed by atoms with van der Waals surface area (Å²) in [5, 5.41) is 0. The van der Waals surface area contributed by atoms with Crippen molar-refractivity contribution in [2.75, 3.05) is 19.0 Å². The number of hydrogen-bond acceptors (Lipinski definition) is 2. The standard InChI is InChI=1S/C13H17NO/c1-10(9-15)11(2)12-5-7-13(8-6-12)14(3)4/h5-9,11H,1H2,2-4H3/t11-/m1/s1. The van der Waals surface area contributed by atoms with E-state index in [1.54, 1.807) is 0 Å². The van der Waals surface area contributed by atoms with Crippen LogP contribution in [0.15, 0.2) is 36.4 Å². The Bertz CT molecular complexity index is 351. The van der Waals surface area contributed by atoms with Crippen molar-refractivity contribution in [2.24, 2.45) is 0 Å². The van der Waals surface area contributed by atoms with Gasteiger partial charge in [-0.3, -0.25) is 4.79 Å². The molecule has 0 bridgehead atoms. The first-order valence-corrected chi connectivity index (χ1v) is 4.97. The number of allylic oxidation sites excluding steroid dienone is 1. The van der Waals surface area contributed by atoms with Gasteiger partial charge >= 0.3 is 0 Å². The average molecular weight is 203 g/mol. The molecule has 0 heterocycles. The summed E-state index contributed by atoms with van der Waals surface area (Å²) >= 11 is 0. The molecule has 0 N–H and O–H groups in total. The topological polar surface area (TPSA) is 20.3 Å². The molecule has 0 aliphatic heterocycles. The van der Waals surface area contributed by atoms with E-state index in [-0.39, 0.29) is 5.92 Å². The first-order valence-electron chi connectivity index (χ1n) is 4.97. The van der Waals surface area contributed by atoms with Gasteiger partial charge in [0.25, 0.3) is 0 Å². The van der Waals surface area contributed by atoms with Gasteiger partial charge in [-0.2, -0.15) is 0 Å². The van der Waals surface area contributed by atoms with Gasteiger partial charge in [0.1, 0.15) is 6.29 Å². The third-order valence-corrected chi connectivity index (χ3v) is 2.62. The van der Waals surface area contributed by atoms with Crippen LogP contribution < -0.4 is 4.90 Å². The van der Waals surface area contributed by atoms with E-state index >= 15 is 0 Å². The Balaban J connectivity index is 2.88. The van der Waals surface area contributed by atoms with Crippen molar-refractivity contribution in [3.05, 3.63) is 42.0 Å². The molecule has 0 radical (unpaired) electrons. The number of nitrogens with zero attached hydrogens (tertiary/aromatic N) is 1. The summed E-state index contributed by atoms with van der Waals surface area (Å²) in [7, 11) is 4.01. The summed E-state index contributed by atoms with van der Waals surface area (Å²) in [5.41, 5.74) is 2.90. The lowest BCUT2D eigenvalue weighted by Gasteiger charge is -2.15. The van der Waals surface area contributed by atoms with Gasteiger partial charge in [0.2, 0.25) is 0 Å². The van der Waals surface area contributed by atoms with Crippen molar-refractivity contribution in [1.82, 2.24) is 0 Å². The fourth-order valence-electron chi connectivity index (χ4n) is 1.38. The van der Waals surface area contributed by atoms with Crippen LogP contribution in [0.1, 0.15) is 18.4 Å². The van der Waals surface area contributed by atoms with Gasteiger partial charge in [0.05, 0.1) is 0 Å². The second-order valence-corrected chi connectivity index (χ2v) is 3.90. The van der Waals surface area contributed by atoms with Crippen molar-refractivity contribution in [1.29, 1.82) is 0 Å². The minimum absolute atomic E-state index is 0.0960. The summed E-state index contributed by atoms with van der Waals surface area (Å²) in [4.78, 5) is 12.6. The first-order chi connectivity index (χ1) is 7.06. The number of benzene rings is 1. The summed E-state index contributed by atoms with van der Waals surface area (Å²) in [6.07, 6.45) is 0.824. The third-order valence-electron chi connectivity index (χ3n) is 2.62. The highest BCUT2D eigenvalue weighted by Gasteiger charge is 2.08. The Kier molecular flexibility index (Phi) is 3.67. The van der Waals surface area contributed by atoms with Crippen molar-refractivity contribution in [3.8, 4) is 0 Å². The molecule has 80 valence electrons. The number of carbonyl (C=O) groups excluding carboxylic acids is 1. The summed E-state index contributed by atoms with van der Waals surface area (Å²) < 4.78 is 0. The van der Waals surface area contributed by atoms with Crippen molar-refractivity contribution < 1.29 is 4.79 Å². The largest absolute Gasteiger partial charge is 0.378 e. The molecule has 0 spiro atoms. The summed E-state index contributed by atoms with van der Waals surface area (Å²) in [5.74, 6) is 0.0960. The highest BCUT2D eigenvalue weighted by atomic mass is 16.1. The van der Waals surface area contributed by atoms with Crippen LogP contribution in [0.3, 0.4) is 0 Å². The zero-order chi connectivity index (χ0) is 11.4. The van der Waals surface area contributed by atoms with E-state index in [4.69, 9.17) is 0 Å². The predicted octanol–water partition coefficient (Wildman–Crippen LogP) is 2.61. The molecule has 0 saturated carbocycles. The SMILES string of the molecule is C=C(C=O)[C@@H](C)c1ccc(N(C)C)cc1. The Morgan fingerprint density at radius 1 is 1.33 bits per heavy atom. The minimum atomic E-state index is 0.0960. The van der Waals surface area contributed by atoms with E-state index in [0.717, 1.165) is 17.5 Å². The smallest absolute Gasteiger partial charge is 0.146 e. The molecule has 0 fully saturated rings. The molecule has 0 unspecified atom stereocenters. The zero-order valence-corrected chi connectivity index (χ0v) is 9.53. The molecule has 0 amide bonds. The fourth-order valence-corrected chi connectivity index (χ4v) is 1.38. The molecule has 15 heavy (non-hydrogen) atoms. The molecule has 2 nitrogen and oxygen atoms in total. The van der Waals surface area contributed by atoms with E-state index in [1.807, 2.05) is 50.2 Å². The Labute approximate surface area is 91.2 Å². The van der Waals surface area contributed by atoms with Crippen LogP contribution in [-0.2, 0) is 4.79 Å². The first kappa shape index (κ1) is 11.5. The fraction of sp³-hybridized carbons (Fsp3) is 0.308. The lowest BCUT2D eigenvalue weighted by atomic mass is 9.95. The Morgan fingerprint density at radius 2 is 1.87 bits per heavy atom. The van der Waals surface area contributed by atoms with Gasteiger partial charge in [-0.05, 0) is 23.3 Å². The molecule has 2 heteroatoms. The second-order valence-electron chi connectivity index (χ2n) is 3.90. The van der Waals surface area contributed by atoms with Gasteiger partial charge in [-0.15, -0.1) is 0 Å². The van der Waals surface area contributed by atoms with Gasteiger partial charge in [-0.1, -0.05) is 25.6 Å². The number of rotatable bonds is 4. The van der Waals surface area contributed by atoms with E-state index in [2.05, 4.69) is 6.58 Å². The van der Waals surface area contributed by atoms with Crippen LogP contribution >= 0.6 is 0 Å². The quantitative estimate of drug-likeness (QED) is 0.554. The zero-order valence-electron chi connectivity index (χ0n) is 9.53. The van der Waals surface area contributed by atoms with Gasteiger partial charge in [-0.25, -0.2) is 0 Å². The average Bonchev–Trinajstić information content (AvgIpc) is 2.27. The van der Waals surface area contributed by atoms with Crippen LogP contribution in [0.5, 0.6) is 0 Å². The minimum Gasteiger partial charge on any atom is -0.378 e. The normalized spacial score (nSPS) is 11.9. The van der Waals surface area contributed by atoms with Crippen LogP contribution in [0.25, 0.3) is 0 Å². The van der Waals surface area contributed by atoms with Crippen molar-refractivity contribution in [3.63, 3.8) is 0 Å². The lowest BCUT2D eigenvalue weighted by Crippen LogP contribution is -2.08. The molecule has 0 saturated heterocycles. The maximum Gasteiger partial charge on any atom is 0.146 e. The molecule has 1 atom stereocenters. The Hall–Kier alpha value is -1.57. The van der Waals surface area contributed by atoms with Crippen LogP contribution in [0.2, 0.25) is 0 Å². The molecule has 0 aliphatic carbocycles. The number of carbonyl (C=O) groups is 1. The molecule has 1 aromatic rings. The highest BCUT2D eigenvalue weighted by Crippen LogP contribution is 2.23. The second kappa shape index (κ2) is 4.78. The monoisotopic (exact) mass is 203 g/mol. The van der Waals surface area contributed by atoms with Crippen LogP contribution in [-0.4, -0.2) is 20.4 Å². The third kappa shape index (κ3) is 2.69. The number of hydrogen-bond donors (Lipinski definition) is 0. The van der Waals surface area contributed by atoms with Gasteiger partial charge in [0.15, 0.2) is 0 Å². The van der Waals surface area contributed by atoms with E-state index in [9.17, 15) is 4.79 Å². The molecular weight excluding hydrogens is 186 g/mol. The van der Waals surface area contributed by atoms with Crippen molar-refractivity contribution in [2.45, 2.75) is 12.8 Å². The molecule has 1 aromatic carbocycles. The maximum absolute atomic E-state index is 10.6. The lowest BCUT2D eigenvalue weighted by molar-refractivity contribution is -0.105.